The van der Waals surface area contributed by atoms with E-state index < -0.39 is 142 Å². The molecule has 0 aromatic rings. The largest absolute Gasteiger partial charge is 0.394 e. The molecule has 22 heteroatoms. The highest BCUT2D eigenvalue weighted by Gasteiger charge is 2.54. The molecule has 0 aromatic heterocycles. The quantitative estimate of drug-likeness (QED) is 0.0845. The first kappa shape index (κ1) is 38.3. The predicted octanol–water partition coefficient (Wildman–Crippen LogP) is -7.80. The van der Waals surface area contributed by atoms with Crippen LogP contribution in [0.15, 0.2) is 0 Å². The van der Waals surface area contributed by atoms with Crippen molar-refractivity contribution in [3.05, 3.63) is 0 Å². The second-order valence-electron chi connectivity index (χ2n) is 11.4. The third-order valence-electron chi connectivity index (χ3n) is 8.04. The van der Waals surface area contributed by atoms with E-state index in [1.165, 1.54) is 0 Å². The molecule has 0 unspecified atom stereocenters. The van der Waals surface area contributed by atoms with Crippen LogP contribution >= 0.6 is 0 Å². The molecule has 3 amide bonds. The van der Waals surface area contributed by atoms with Gasteiger partial charge in [0.05, 0.1) is 19.8 Å². The molecule has 0 aromatic carbocycles. The zero-order chi connectivity index (χ0) is 35.4. The Labute approximate surface area is 271 Å². The summed E-state index contributed by atoms with van der Waals surface area (Å²) in [6.07, 6.45) is -24.9. The fourth-order valence-corrected chi connectivity index (χ4v) is 5.52. The van der Waals surface area contributed by atoms with E-state index in [2.05, 4.69) is 5.32 Å². The molecule has 274 valence electrons. The molecule has 15 atom stereocenters. The lowest BCUT2D eigenvalue weighted by molar-refractivity contribution is -0.375. The summed E-state index contributed by atoms with van der Waals surface area (Å²) < 4.78 is 33.0. The second kappa shape index (κ2) is 16.5. The minimum absolute atomic E-state index is 0.160. The third kappa shape index (κ3) is 8.26. The first-order chi connectivity index (χ1) is 22.7. The van der Waals surface area contributed by atoms with Crippen molar-refractivity contribution >= 4 is 23.7 Å². The van der Waals surface area contributed by atoms with Crippen molar-refractivity contribution in [1.29, 1.82) is 0 Å². The van der Waals surface area contributed by atoms with Crippen LogP contribution in [0.25, 0.3) is 0 Å². The minimum atomic E-state index is -2.01. The lowest BCUT2D eigenvalue weighted by atomic mass is 9.95. The van der Waals surface area contributed by atoms with E-state index in [1.807, 2.05) is 0 Å². The summed E-state index contributed by atoms with van der Waals surface area (Å²) in [7, 11) is 0. The smallest absolute Gasteiger partial charge is 0.358 e. The van der Waals surface area contributed by atoms with Crippen molar-refractivity contribution in [3.63, 3.8) is 0 Å². The van der Waals surface area contributed by atoms with Crippen molar-refractivity contribution in [2.24, 2.45) is 0 Å². The van der Waals surface area contributed by atoms with E-state index in [0.29, 0.717) is 0 Å². The Balaban J connectivity index is 1.48. The summed E-state index contributed by atoms with van der Waals surface area (Å²) in [5.74, 6) is -3.44. The van der Waals surface area contributed by atoms with Gasteiger partial charge in [-0.25, -0.2) is 4.79 Å². The molecule has 22 nitrogen and oxygen atoms in total. The van der Waals surface area contributed by atoms with E-state index in [-0.39, 0.29) is 17.9 Å². The van der Waals surface area contributed by atoms with Gasteiger partial charge < -0.3 is 84.5 Å². The van der Waals surface area contributed by atoms with E-state index >= 15 is 0 Å². The topological polar surface area (TPSA) is 330 Å². The van der Waals surface area contributed by atoms with Gasteiger partial charge in [0.15, 0.2) is 18.9 Å². The van der Waals surface area contributed by atoms with E-state index in [1.54, 1.807) is 0 Å². The lowest BCUT2D eigenvalue weighted by Crippen LogP contribution is -2.68. The van der Waals surface area contributed by atoms with Gasteiger partial charge in [-0.2, -0.15) is 0 Å². The second-order valence-corrected chi connectivity index (χ2v) is 11.4. The molecular formula is C26H40N2O20. The number of imide groups is 1. The first-order valence-electron chi connectivity index (χ1n) is 14.9. The van der Waals surface area contributed by atoms with Gasteiger partial charge in [-0.05, 0) is 0 Å². The standard InChI is InChI=1S/C26H40N2O20/c1-8(32)27-15-18(38)22(11(6-31)45-24(15)42-7-14(35)48-28-12(33)2-3-13(28)34)46-26-21(41)23(17(37)10(5-30)44-26)47-25-20(40)19(39)16(36)9(4-29)43-25/h9-11,15-26,29-31,36-41H,2-7H2,1H3,(H,27,32)/t9-,10-,11-,15-,16+,17+,18-,19+,20-,21-,22-,23+,24+,25-,26+/m1/s1. The Morgan fingerprint density at radius 3 is 1.79 bits per heavy atom. The summed E-state index contributed by atoms with van der Waals surface area (Å²) in [6, 6.07) is -1.53. The third-order valence-corrected chi connectivity index (χ3v) is 8.04. The number of nitrogens with zero attached hydrogens (tertiary/aromatic N) is 1. The maximum Gasteiger partial charge on any atom is 0.358 e. The molecule has 10 N–H and O–H groups in total. The number of carbonyl (C=O) groups is 4. The van der Waals surface area contributed by atoms with Crippen LogP contribution in [0.3, 0.4) is 0 Å². The number of amides is 3. The highest BCUT2D eigenvalue weighted by molar-refractivity contribution is 6.01. The number of hydroxylamine groups is 2. The maximum absolute atomic E-state index is 12.3. The monoisotopic (exact) mass is 700 g/mol. The summed E-state index contributed by atoms with van der Waals surface area (Å²) in [5, 5.41) is 95.6. The highest BCUT2D eigenvalue weighted by Crippen LogP contribution is 2.33. The van der Waals surface area contributed by atoms with Gasteiger partial charge >= 0.3 is 5.97 Å². The molecule has 0 radical (unpaired) electrons. The van der Waals surface area contributed by atoms with Crippen LogP contribution in [0.2, 0.25) is 0 Å². The highest BCUT2D eigenvalue weighted by atomic mass is 16.8. The van der Waals surface area contributed by atoms with Crippen molar-refractivity contribution in [2.75, 3.05) is 26.4 Å². The number of aliphatic hydroxyl groups is 9. The zero-order valence-corrected chi connectivity index (χ0v) is 25.4. The van der Waals surface area contributed by atoms with Crippen LogP contribution in [-0.4, -0.2) is 193 Å². The van der Waals surface area contributed by atoms with Gasteiger partial charge in [0.25, 0.3) is 11.8 Å². The Kier molecular flexibility index (Phi) is 13.1. The Bertz CT molecular complexity index is 1130. The fraction of sp³-hybridized carbons (Fsp3) is 0.846. The summed E-state index contributed by atoms with van der Waals surface area (Å²) >= 11 is 0. The van der Waals surface area contributed by atoms with Crippen molar-refractivity contribution in [2.45, 2.75) is 112 Å². The number of hydrogen-bond donors (Lipinski definition) is 10. The summed E-state index contributed by atoms with van der Waals surface area (Å²) in [6.45, 7) is -2.47. The van der Waals surface area contributed by atoms with Crippen molar-refractivity contribution in [1.82, 2.24) is 10.4 Å². The molecule has 4 aliphatic rings. The number of ether oxygens (including phenoxy) is 6. The maximum atomic E-state index is 12.3. The van der Waals surface area contributed by atoms with Gasteiger partial charge in [0.2, 0.25) is 5.91 Å². The molecule has 4 heterocycles. The SMILES string of the molecule is CC(=O)N[C@H]1[C@@H](OCC(=O)ON2C(=O)CCC2=O)O[C@H](CO)[C@@H](O[C@@H]2O[C@H](CO)[C@H](O)[C@H](O[C@H]3O[C@H](CO)[C@H](O)[C@H](O)[C@H]3O)[C@H]2O)[C@@H]1O. The van der Waals surface area contributed by atoms with Gasteiger partial charge in [0, 0.05) is 19.8 Å². The van der Waals surface area contributed by atoms with Crippen molar-refractivity contribution in [3.8, 4) is 0 Å². The van der Waals surface area contributed by atoms with Crippen LogP contribution in [0.5, 0.6) is 0 Å². The molecular weight excluding hydrogens is 660 g/mol. The molecule has 4 aliphatic heterocycles. The number of rotatable bonds is 12. The van der Waals surface area contributed by atoms with E-state index in [9.17, 15) is 65.1 Å². The van der Waals surface area contributed by atoms with Crippen LogP contribution < -0.4 is 5.32 Å². The lowest BCUT2D eigenvalue weighted by Gasteiger charge is -2.48. The molecule has 4 rings (SSSR count). The fourth-order valence-electron chi connectivity index (χ4n) is 5.52. The average Bonchev–Trinajstić information content (AvgIpc) is 3.37. The number of hydrogen-bond acceptors (Lipinski definition) is 20. The van der Waals surface area contributed by atoms with E-state index in [4.69, 9.17) is 33.3 Å². The minimum Gasteiger partial charge on any atom is -0.394 e. The number of carbonyl (C=O) groups excluding carboxylic acids is 4. The molecule has 4 saturated heterocycles. The normalized spacial score (nSPS) is 42.1. The Hall–Kier alpha value is -2.52. The summed E-state index contributed by atoms with van der Waals surface area (Å²) in [5.41, 5.74) is 0. The zero-order valence-electron chi connectivity index (χ0n) is 25.4. The van der Waals surface area contributed by atoms with Crippen LogP contribution in [0, 0.1) is 0 Å². The summed E-state index contributed by atoms with van der Waals surface area (Å²) in [4.78, 5) is 52.4. The number of nitrogens with one attached hydrogen (secondary N) is 1. The van der Waals surface area contributed by atoms with Gasteiger partial charge in [-0.3, -0.25) is 14.4 Å². The van der Waals surface area contributed by atoms with Crippen LogP contribution in [0.4, 0.5) is 0 Å². The first-order valence-corrected chi connectivity index (χ1v) is 14.9. The molecule has 48 heavy (non-hydrogen) atoms. The molecule has 4 fully saturated rings. The van der Waals surface area contributed by atoms with Gasteiger partial charge in [-0.15, -0.1) is 5.06 Å². The van der Waals surface area contributed by atoms with Gasteiger partial charge in [-0.1, -0.05) is 0 Å². The van der Waals surface area contributed by atoms with Crippen LogP contribution in [0.1, 0.15) is 19.8 Å². The molecule has 0 spiro atoms. The average molecular weight is 701 g/mol. The number of aliphatic hydroxyl groups excluding tert-OH is 9. The predicted molar refractivity (Wildman–Crippen MR) is 144 cm³/mol. The Morgan fingerprint density at radius 1 is 0.708 bits per heavy atom. The van der Waals surface area contributed by atoms with E-state index in [0.717, 1.165) is 6.92 Å². The molecule has 0 aliphatic carbocycles. The molecule has 0 bridgehead atoms. The molecule has 0 saturated carbocycles. The van der Waals surface area contributed by atoms with Crippen LogP contribution in [-0.2, 0) is 52.4 Å². The van der Waals surface area contributed by atoms with Crippen molar-refractivity contribution < 1.29 is 98.4 Å². The van der Waals surface area contributed by atoms with Gasteiger partial charge in [0.1, 0.15) is 79.8 Å². The Morgan fingerprint density at radius 2 is 1.23 bits per heavy atom.